The molecule has 1 aromatic heterocycles. The molecule has 5 N–H and O–H groups in total. The van der Waals surface area contributed by atoms with Crippen molar-refractivity contribution in [2.45, 2.75) is 97.4 Å². The van der Waals surface area contributed by atoms with Gasteiger partial charge in [0.1, 0.15) is 35.9 Å². The van der Waals surface area contributed by atoms with E-state index in [1.165, 1.54) is 4.90 Å². The number of carbonyl (C=O) groups is 3. The molecule has 0 radical (unpaired) electrons. The summed E-state index contributed by atoms with van der Waals surface area (Å²) < 4.78 is 6.21. The summed E-state index contributed by atoms with van der Waals surface area (Å²) in [4.78, 5) is 52.7. The number of rotatable bonds is 22. The molecule has 13 nitrogen and oxygen atoms in total. The zero-order valence-electron chi connectivity index (χ0n) is 42.1. The molecule has 3 heterocycles. The van der Waals surface area contributed by atoms with Crippen molar-refractivity contribution in [3.05, 3.63) is 131 Å². The van der Waals surface area contributed by atoms with Gasteiger partial charge in [0.15, 0.2) is 0 Å². The largest absolute Gasteiger partial charge is 0.508 e. The Hall–Kier alpha value is -5.77. The van der Waals surface area contributed by atoms with Crippen LogP contribution in [0, 0.1) is 12.3 Å². The number of halogens is 1. The molecule has 2 aliphatic rings. The fraction of sp³-hybridized carbons (Fsp3) is 0.439. The number of aryl methyl sites for hydroxylation is 1. The molecule has 4 aromatic carbocycles. The zero-order valence-corrected chi connectivity index (χ0v) is 43.7. The molecule has 15 heteroatoms. The number of aliphatic hydroxyl groups excluding tert-OH is 1. The Morgan fingerprint density at radius 3 is 1.99 bits per heavy atom. The first-order chi connectivity index (χ1) is 34.7. The highest BCUT2D eigenvalue weighted by molar-refractivity contribution is 7.13. The maximum atomic E-state index is 14.1. The average molecular weight is 1020 g/mol. The number of β-amino-alcohol motifs (C(OH)–C–C–N with tert-alkyl or cyclic N) is 1. The maximum Gasteiger partial charge on any atom is 0.246 e. The average Bonchev–Trinajstić information content (AvgIpc) is 3.99. The monoisotopic (exact) mass is 1020 g/mol. The number of allylic oxidation sites excluding steroid dienone is 1. The third-order valence-electron chi connectivity index (χ3n) is 13.6. The third-order valence-corrected chi connectivity index (χ3v) is 14.8. The normalized spacial score (nSPS) is 17.3. The second-order valence-electron chi connectivity index (χ2n) is 20.1. The lowest BCUT2D eigenvalue weighted by atomic mass is 9.85. The zero-order chi connectivity index (χ0) is 51.2. The lowest BCUT2D eigenvalue weighted by Gasteiger charge is -2.35. The van der Waals surface area contributed by atoms with Crippen molar-refractivity contribution in [1.29, 1.82) is 0 Å². The Morgan fingerprint density at radius 2 is 1.39 bits per heavy atom. The second kappa shape index (κ2) is 25.7. The van der Waals surface area contributed by atoms with Gasteiger partial charge in [0.2, 0.25) is 17.7 Å². The number of nitrogens with zero attached hydrogens (tertiary/aromatic N) is 4. The Morgan fingerprint density at radius 1 is 0.792 bits per heavy atom. The Bertz CT molecular complexity index is 2570. The van der Waals surface area contributed by atoms with Gasteiger partial charge in [0.05, 0.1) is 22.2 Å². The molecule has 0 spiro atoms. The molecule has 384 valence electrons. The van der Waals surface area contributed by atoms with Crippen molar-refractivity contribution in [3.63, 3.8) is 0 Å². The first-order valence-electron chi connectivity index (χ1n) is 25.3. The highest BCUT2D eigenvalue weighted by Gasteiger charge is 2.44. The number of aliphatic hydroxyl groups is 1. The van der Waals surface area contributed by atoms with E-state index >= 15 is 0 Å². The number of carbonyl (C=O) groups excluding carboxylic acids is 3. The van der Waals surface area contributed by atoms with Gasteiger partial charge in [-0.2, -0.15) is 0 Å². The van der Waals surface area contributed by atoms with Crippen molar-refractivity contribution in [3.8, 4) is 27.7 Å². The number of hydrogen-bond acceptors (Lipinski definition) is 11. The minimum absolute atomic E-state index is 0.0355. The third kappa shape index (κ3) is 14.9. The second-order valence-corrected chi connectivity index (χ2v) is 21.3. The molecule has 2 fully saturated rings. The first-order valence-corrected chi connectivity index (χ1v) is 26.7. The number of nitrogens with one attached hydrogen (secondary N) is 2. The van der Waals surface area contributed by atoms with E-state index in [2.05, 4.69) is 37.6 Å². The predicted molar refractivity (Wildman–Crippen MR) is 287 cm³/mol. The quantitative estimate of drug-likeness (QED) is 0.0257. The van der Waals surface area contributed by atoms with E-state index < -0.39 is 23.6 Å². The smallest absolute Gasteiger partial charge is 0.246 e. The van der Waals surface area contributed by atoms with Crippen molar-refractivity contribution in [2.75, 3.05) is 58.3 Å². The van der Waals surface area contributed by atoms with E-state index in [0.717, 1.165) is 120 Å². The summed E-state index contributed by atoms with van der Waals surface area (Å²) in [5.74, 6) is 0.742. The van der Waals surface area contributed by atoms with Gasteiger partial charge in [0, 0.05) is 64.5 Å². The highest BCUT2D eigenvalue weighted by atomic mass is 35.5. The van der Waals surface area contributed by atoms with E-state index in [4.69, 9.17) is 16.3 Å². The van der Waals surface area contributed by atoms with Gasteiger partial charge in [-0.3, -0.25) is 19.3 Å². The van der Waals surface area contributed by atoms with Gasteiger partial charge >= 0.3 is 0 Å². The molecule has 7 rings (SSSR count). The van der Waals surface area contributed by atoms with E-state index in [1.54, 1.807) is 35.6 Å². The number of unbranched alkanes of at least 4 members (excludes halogenated alkanes) is 3. The molecule has 0 bridgehead atoms. The summed E-state index contributed by atoms with van der Waals surface area (Å²) in [7, 11) is 0. The highest BCUT2D eigenvalue weighted by Crippen LogP contribution is 2.37. The molecule has 3 amide bonds. The number of amides is 3. The standard InChI is InChI=1S/C57H71ClN6O7S/c1-39-53(72-38-60-39)44-12-10-40(11-13-44)36-59-55(69)50-35-47(67)37-64(50)56(70)54(57(2,3)4)61-51(68)9-7-5-6-8-28-62-29-31-63(32-30-62)33-34-71-48-24-18-43(19-25-48)52(42-16-22-46(66)23-17-42)49(26-27-58)41-14-20-45(65)21-15-41/h10-25,38,47,50,54,65-67H,5-9,26-37H2,1-4H3,(H,59,69)(H,61,68)/t47-,50+,54?/m1/s1. The summed E-state index contributed by atoms with van der Waals surface area (Å²) in [5, 5.41) is 36.5. The van der Waals surface area contributed by atoms with Gasteiger partial charge in [-0.05, 0) is 114 Å². The lowest BCUT2D eigenvalue weighted by Crippen LogP contribution is -2.57. The minimum atomic E-state index is -0.848. The number of hydrogen-bond donors (Lipinski definition) is 5. The SMILES string of the molecule is Cc1ncsc1-c1ccc(CNC(=O)[C@@H]2C[C@@H](O)CN2C(=O)C(NC(=O)CCCCCCN2CCN(CCOc3ccc(C(=C(CCCl)c4ccc(O)cc4)c4ccc(O)cc4)cc3)CC2)C(C)(C)C)cc1. The van der Waals surface area contributed by atoms with Gasteiger partial charge < -0.3 is 40.5 Å². The number of piperazine rings is 1. The first kappa shape index (κ1) is 54.0. The number of likely N-dealkylation sites (tertiary alicyclic amines) is 1. The van der Waals surface area contributed by atoms with Crippen LogP contribution in [0.1, 0.15) is 93.7 Å². The van der Waals surface area contributed by atoms with Crippen LogP contribution in [0.25, 0.3) is 21.6 Å². The Kier molecular flexibility index (Phi) is 19.3. The van der Waals surface area contributed by atoms with Crippen LogP contribution in [-0.2, 0) is 20.9 Å². The van der Waals surface area contributed by atoms with Gasteiger partial charge in [-0.1, -0.05) is 94.3 Å². The molecule has 0 aliphatic carbocycles. The van der Waals surface area contributed by atoms with Crippen molar-refractivity contribution in [2.24, 2.45) is 5.41 Å². The van der Waals surface area contributed by atoms with Crippen LogP contribution < -0.4 is 15.4 Å². The van der Waals surface area contributed by atoms with Crippen molar-refractivity contribution < 1.29 is 34.4 Å². The lowest BCUT2D eigenvalue weighted by molar-refractivity contribution is -0.144. The number of aromatic nitrogens is 1. The fourth-order valence-electron chi connectivity index (χ4n) is 9.55. The van der Waals surface area contributed by atoms with Crippen LogP contribution in [0.4, 0.5) is 0 Å². The summed E-state index contributed by atoms with van der Waals surface area (Å²) in [6.45, 7) is 14.4. The number of aromatic hydroxyl groups is 2. The fourth-order valence-corrected chi connectivity index (χ4v) is 10.5. The number of ether oxygens (including phenoxy) is 1. The van der Waals surface area contributed by atoms with Crippen LogP contribution in [-0.4, -0.2) is 129 Å². The molecule has 3 atom stereocenters. The molecule has 2 aliphatic heterocycles. The molecule has 2 saturated heterocycles. The maximum absolute atomic E-state index is 14.1. The Labute approximate surface area is 433 Å². The number of thiazole rings is 1. The molecular formula is C57H71ClN6O7S. The number of benzene rings is 4. The number of phenolic OH excluding ortho intramolecular Hbond substituents is 2. The van der Waals surface area contributed by atoms with Crippen LogP contribution in [0.3, 0.4) is 0 Å². The molecule has 1 unspecified atom stereocenters. The van der Waals surface area contributed by atoms with Crippen molar-refractivity contribution in [1.82, 2.24) is 30.3 Å². The van der Waals surface area contributed by atoms with Crippen molar-refractivity contribution >= 4 is 51.8 Å². The Balaban J connectivity index is 0.794. The van der Waals surface area contributed by atoms with E-state index in [0.29, 0.717) is 25.3 Å². The summed E-state index contributed by atoms with van der Waals surface area (Å²) >= 11 is 7.91. The van der Waals surface area contributed by atoms with Gasteiger partial charge in [0.25, 0.3) is 0 Å². The number of phenols is 2. The summed E-state index contributed by atoms with van der Waals surface area (Å²) in [6.07, 6.45) is 3.93. The van der Waals surface area contributed by atoms with Crippen LogP contribution >= 0.6 is 22.9 Å². The van der Waals surface area contributed by atoms with Gasteiger partial charge in [-0.15, -0.1) is 22.9 Å². The van der Waals surface area contributed by atoms with Crippen LogP contribution in [0.15, 0.2) is 103 Å². The van der Waals surface area contributed by atoms with E-state index in [1.807, 2.05) is 93.9 Å². The van der Waals surface area contributed by atoms with E-state index in [-0.39, 0.29) is 48.7 Å². The molecule has 0 saturated carbocycles. The van der Waals surface area contributed by atoms with Crippen LogP contribution in [0.5, 0.6) is 17.2 Å². The molecule has 72 heavy (non-hydrogen) atoms. The molecule has 5 aromatic rings. The summed E-state index contributed by atoms with van der Waals surface area (Å²) in [5.41, 5.74) is 9.13. The number of alkyl halides is 1. The predicted octanol–water partition coefficient (Wildman–Crippen LogP) is 8.87. The van der Waals surface area contributed by atoms with Crippen LogP contribution in [0.2, 0.25) is 0 Å². The van der Waals surface area contributed by atoms with Gasteiger partial charge in [-0.25, -0.2) is 4.98 Å². The van der Waals surface area contributed by atoms with E-state index in [9.17, 15) is 29.7 Å². The molecular weight excluding hydrogens is 948 g/mol. The summed E-state index contributed by atoms with van der Waals surface area (Å²) in [6, 6.07) is 28.7. The minimum Gasteiger partial charge on any atom is -0.508 e. The topological polar surface area (TPSA) is 168 Å².